The molecule has 0 spiro atoms. The summed E-state index contributed by atoms with van der Waals surface area (Å²) >= 11 is 12.4. The first kappa shape index (κ1) is 18.1. The van der Waals surface area contributed by atoms with Crippen LogP contribution < -0.4 is 0 Å². The minimum absolute atomic E-state index is 0.0847. The van der Waals surface area contributed by atoms with E-state index in [1.807, 2.05) is 0 Å². The molecule has 0 unspecified atom stereocenters. The van der Waals surface area contributed by atoms with Crippen LogP contribution in [0, 0.1) is 0 Å². The van der Waals surface area contributed by atoms with Crippen LogP contribution in [0.4, 0.5) is 0 Å². The average Bonchev–Trinajstić information content (AvgIpc) is 2.39. The van der Waals surface area contributed by atoms with Gasteiger partial charge in [-0.2, -0.15) is 0 Å². The molecule has 0 aliphatic rings. The number of rotatable bonds is 6. The fourth-order valence-corrected chi connectivity index (χ4v) is 1.07. The topological polar surface area (TPSA) is 52.6 Å². The molecule has 0 aromatic rings. The summed E-state index contributed by atoms with van der Waals surface area (Å²) in [7, 11) is 0. The normalized spacial score (nSPS) is 12.7. The van der Waals surface area contributed by atoms with E-state index in [0.717, 1.165) is 12.2 Å². The van der Waals surface area contributed by atoms with Gasteiger partial charge in [0.05, 0.1) is 0 Å². The third kappa shape index (κ3) is 10.0. The highest BCUT2D eigenvalue weighted by atomic mass is 79.9. The summed E-state index contributed by atoms with van der Waals surface area (Å²) in [5, 5.41) is 0. The molecule has 0 heterocycles. The van der Waals surface area contributed by atoms with Crippen molar-refractivity contribution >= 4 is 75.7 Å². The van der Waals surface area contributed by atoms with Crippen molar-refractivity contribution in [1.82, 2.24) is 0 Å². The van der Waals surface area contributed by atoms with Crippen molar-refractivity contribution < 1.29 is 19.1 Å². The molecule has 0 atom stereocenters. The van der Waals surface area contributed by atoms with Crippen molar-refractivity contribution in [2.75, 3.05) is 13.2 Å². The van der Waals surface area contributed by atoms with Gasteiger partial charge in [-0.3, -0.25) is 0 Å². The lowest BCUT2D eigenvalue weighted by Crippen LogP contribution is -2.06. The lowest BCUT2D eigenvalue weighted by atomic mass is 10.5. The van der Waals surface area contributed by atoms with Gasteiger partial charge < -0.3 is 9.47 Å². The molecule has 0 aromatic carbocycles. The van der Waals surface area contributed by atoms with Gasteiger partial charge in [-0.05, 0) is 9.97 Å². The molecule has 0 amide bonds. The van der Waals surface area contributed by atoms with Crippen LogP contribution in [0.25, 0.3) is 0 Å². The van der Waals surface area contributed by atoms with Crippen LogP contribution in [-0.2, 0) is 19.1 Å². The Morgan fingerprint density at radius 3 is 1.44 bits per heavy atom. The molecule has 0 fully saturated rings. The van der Waals surface area contributed by atoms with E-state index in [1.165, 1.54) is 0 Å². The second kappa shape index (κ2) is 11.0. The van der Waals surface area contributed by atoms with E-state index in [2.05, 4.69) is 63.7 Å². The van der Waals surface area contributed by atoms with Crippen molar-refractivity contribution in [2.45, 2.75) is 0 Å². The van der Waals surface area contributed by atoms with Gasteiger partial charge >= 0.3 is 11.9 Å². The Kier molecular flexibility index (Phi) is 11.0. The Bertz CT molecular complexity index is 351. The van der Waals surface area contributed by atoms with Crippen molar-refractivity contribution in [3.8, 4) is 0 Å². The molecule has 0 saturated heterocycles. The van der Waals surface area contributed by atoms with Crippen molar-refractivity contribution in [1.29, 1.82) is 0 Å². The second-order valence-corrected chi connectivity index (χ2v) is 5.61. The zero-order chi connectivity index (χ0) is 14.0. The molecule has 0 bridgehead atoms. The smallest absolute Gasteiger partial charge is 0.331 e. The van der Waals surface area contributed by atoms with Gasteiger partial charge in [0.1, 0.15) is 13.2 Å². The molecule has 0 saturated carbocycles. The fourth-order valence-electron chi connectivity index (χ4n) is 0.575. The Morgan fingerprint density at radius 2 is 1.17 bits per heavy atom. The summed E-state index contributed by atoms with van der Waals surface area (Å²) in [5.74, 6) is -1.26. The Balaban J connectivity index is 3.99. The van der Waals surface area contributed by atoms with E-state index in [9.17, 15) is 9.59 Å². The second-order valence-electron chi connectivity index (χ2n) is 2.66. The maximum atomic E-state index is 11.2. The van der Waals surface area contributed by atoms with E-state index in [1.54, 1.807) is 9.97 Å². The quantitative estimate of drug-likeness (QED) is 0.401. The summed E-state index contributed by atoms with van der Waals surface area (Å²) in [6, 6.07) is 0. The highest BCUT2D eigenvalue weighted by Crippen LogP contribution is 2.08. The van der Waals surface area contributed by atoms with Gasteiger partial charge in [0.2, 0.25) is 0 Å². The SMILES string of the molecule is O=C(/C=C\C(=O)OCC(Br)=CBr)OCC(Br)=CBr. The summed E-state index contributed by atoms with van der Waals surface area (Å²) < 4.78 is 10.9. The largest absolute Gasteiger partial charge is 0.457 e. The van der Waals surface area contributed by atoms with Crippen LogP contribution in [0.1, 0.15) is 0 Å². The van der Waals surface area contributed by atoms with E-state index in [-0.39, 0.29) is 13.2 Å². The lowest BCUT2D eigenvalue weighted by molar-refractivity contribution is -0.139. The number of carbonyl (C=O) groups is 2. The molecule has 18 heavy (non-hydrogen) atoms. The maximum Gasteiger partial charge on any atom is 0.331 e. The maximum absolute atomic E-state index is 11.2. The summed E-state index contributed by atoms with van der Waals surface area (Å²) in [6.45, 7) is 0.169. The summed E-state index contributed by atoms with van der Waals surface area (Å²) in [6.07, 6.45) is 2.01. The van der Waals surface area contributed by atoms with Crippen molar-refractivity contribution in [3.05, 3.63) is 31.1 Å². The van der Waals surface area contributed by atoms with Gasteiger partial charge in [-0.1, -0.05) is 63.7 Å². The van der Waals surface area contributed by atoms with E-state index in [4.69, 9.17) is 9.47 Å². The van der Waals surface area contributed by atoms with E-state index < -0.39 is 11.9 Å². The summed E-state index contributed by atoms with van der Waals surface area (Å²) in [4.78, 5) is 25.5. The van der Waals surface area contributed by atoms with Gasteiger partial charge in [-0.15, -0.1) is 0 Å². The van der Waals surface area contributed by atoms with Gasteiger partial charge in [0, 0.05) is 21.1 Å². The third-order valence-corrected chi connectivity index (χ3v) is 4.55. The molecule has 0 N–H and O–H groups in total. The van der Waals surface area contributed by atoms with E-state index >= 15 is 0 Å². The first-order valence-corrected chi connectivity index (χ1v) is 7.82. The van der Waals surface area contributed by atoms with Crippen LogP contribution in [-0.4, -0.2) is 25.2 Å². The van der Waals surface area contributed by atoms with Crippen LogP contribution in [0.5, 0.6) is 0 Å². The number of ether oxygens (including phenoxy) is 2. The molecular formula is C10H8Br4O4. The Labute approximate surface area is 138 Å². The number of esters is 2. The molecule has 0 radical (unpaired) electrons. The van der Waals surface area contributed by atoms with Gasteiger partial charge in [0.15, 0.2) is 0 Å². The summed E-state index contributed by atoms with van der Waals surface area (Å²) in [5.41, 5.74) is 0. The van der Waals surface area contributed by atoms with Crippen LogP contribution in [0.3, 0.4) is 0 Å². The fraction of sp³-hybridized carbons (Fsp3) is 0.200. The highest BCUT2D eigenvalue weighted by Gasteiger charge is 2.02. The molecule has 0 aliphatic carbocycles. The standard InChI is InChI=1S/C10H8Br4O4/c11-3-7(13)5-17-9(15)1-2-10(16)18-6-8(14)4-12/h1-4H,5-6H2/b2-1-,7-3?,8-4?. The zero-order valence-electron chi connectivity index (χ0n) is 8.87. The monoisotopic (exact) mass is 508 g/mol. The Hall–Kier alpha value is 0.0800. The molecular weight excluding hydrogens is 504 g/mol. The Morgan fingerprint density at radius 1 is 0.833 bits per heavy atom. The van der Waals surface area contributed by atoms with Crippen molar-refractivity contribution in [3.63, 3.8) is 0 Å². The minimum atomic E-state index is -0.631. The molecule has 0 aromatic heterocycles. The number of hydrogen-bond acceptors (Lipinski definition) is 4. The number of halogens is 4. The van der Waals surface area contributed by atoms with Gasteiger partial charge in [-0.25, -0.2) is 9.59 Å². The molecule has 8 heteroatoms. The molecule has 100 valence electrons. The molecule has 4 nitrogen and oxygen atoms in total. The highest BCUT2D eigenvalue weighted by molar-refractivity contribution is 9.14. The third-order valence-electron chi connectivity index (χ3n) is 1.30. The first-order valence-electron chi connectivity index (χ1n) is 4.40. The van der Waals surface area contributed by atoms with Crippen LogP contribution >= 0.6 is 63.7 Å². The predicted molar refractivity (Wildman–Crippen MR) is 82.9 cm³/mol. The predicted octanol–water partition coefficient (Wildman–Crippen LogP) is 3.89. The first-order chi connectivity index (χ1) is 8.49. The lowest BCUT2D eigenvalue weighted by Gasteiger charge is -2.00. The zero-order valence-corrected chi connectivity index (χ0v) is 15.2. The average molecular weight is 512 g/mol. The molecule has 0 rings (SSSR count). The van der Waals surface area contributed by atoms with Gasteiger partial charge in [0.25, 0.3) is 0 Å². The van der Waals surface area contributed by atoms with Crippen LogP contribution in [0.2, 0.25) is 0 Å². The van der Waals surface area contributed by atoms with E-state index in [0.29, 0.717) is 8.96 Å². The minimum Gasteiger partial charge on any atom is -0.457 e. The molecule has 0 aliphatic heterocycles. The van der Waals surface area contributed by atoms with Crippen LogP contribution in [0.15, 0.2) is 31.1 Å². The number of hydrogen-bond donors (Lipinski definition) is 0. The number of carbonyl (C=O) groups excluding carboxylic acids is 2. The van der Waals surface area contributed by atoms with Crippen molar-refractivity contribution in [2.24, 2.45) is 0 Å².